The summed E-state index contributed by atoms with van der Waals surface area (Å²) in [6.45, 7) is 5.25. The lowest BCUT2D eigenvalue weighted by molar-refractivity contribution is 0.618. The minimum Gasteiger partial charge on any atom is -0.207 e. The molecule has 0 heterocycles. The van der Waals surface area contributed by atoms with Crippen molar-refractivity contribution < 1.29 is 4.39 Å². The van der Waals surface area contributed by atoms with Gasteiger partial charge in [0.15, 0.2) is 0 Å². The van der Waals surface area contributed by atoms with Crippen molar-refractivity contribution in [3.05, 3.63) is 40.7 Å². The van der Waals surface area contributed by atoms with Crippen LogP contribution in [0.15, 0.2) is 18.7 Å². The normalized spacial score (nSPS) is 9.73. The average molecular weight is 171 g/mol. The van der Waals surface area contributed by atoms with Crippen molar-refractivity contribution in [3.63, 3.8) is 0 Å². The van der Waals surface area contributed by atoms with E-state index in [4.69, 9.17) is 11.6 Å². The molecule has 0 saturated heterocycles. The van der Waals surface area contributed by atoms with Gasteiger partial charge in [0.25, 0.3) is 0 Å². The zero-order valence-corrected chi connectivity index (χ0v) is 6.95. The molecule has 0 unspecified atom stereocenters. The second kappa shape index (κ2) is 3.05. The van der Waals surface area contributed by atoms with E-state index in [2.05, 4.69) is 6.58 Å². The fourth-order valence-electron chi connectivity index (χ4n) is 0.878. The van der Waals surface area contributed by atoms with Crippen LogP contribution in [0.2, 0.25) is 5.02 Å². The van der Waals surface area contributed by atoms with Gasteiger partial charge in [-0.3, -0.25) is 0 Å². The second-order valence-electron chi connectivity index (χ2n) is 2.31. The summed E-state index contributed by atoms with van der Waals surface area (Å²) >= 11 is 5.61. The summed E-state index contributed by atoms with van der Waals surface area (Å²) in [7, 11) is 0. The third-order valence-corrected chi connectivity index (χ3v) is 1.79. The highest BCUT2D eigenvalue weighted by atomic mass is 35.5. The van der Waals surface area contributed by atoms with Gasteiger partial charge in [0.05, 0.1) is 0 Å². The molecule has 1 aromatic rings. The average Bonchev–Trinajstić information content (AvgIpc) is 1.96. The summed E-state index contributed by atoms with van der Waals surface area (Å²) in [5, 5.41) is 0.406. The molecule has 2 heteroatoms. The lowest BCUT2D eigenvalue weighted by Crippen LogP contribution is -1.86. The summed E-state index contributed by atoms with van der Waals surface area (Å²) in [5.41, 5.74) is 1.33. The van der Waals surface area contributed by atoms with E-state index in [1.807, 2.05) is 0 Å². The van der Waals surface area contributed by atoms with Gasteiger partial charge in [0, 0.05) is 5.02 Å². The maximum Gasteiger partial charge on any atom is 0.128 e. The summed E-state index contributed by atoms with van der Waals surface area (Å²) in [5.74, 6) is -0.285. The SMILES string of the molecule is C=Cc1cc(Cl)cc(F)c1C. The van der Waals surface area contributed by atoms with Crippen molar-refractivity contribution in [1.29, 1.82) is 0 Å². The monoisotopic (exact) mass is 170 g/mol. The number of rotatable bonds is 1. The molecule has 0 bridgehead atoms. The van der Waals surface area contributed by atoms with Gasteiger partial charge in [-0.15, -0.1) is 0 Å². The van der Waals surface area contributed by atoms with Gasteiger partial charge in [0.2, 0.25) is 0 Å². The van der Waals surface area contributed by atoms with Gasteiger partial charge >= 0.3 is 0 Å². The van der Waals surface area contributed by atoms with Crippen molar-refractivity contribution in [2.75, 3.05) is 0 Å². The Morgan fingerprint density at radius 1 is 1.55 bits per heavy atom. The van der Waals surface area contributed by atoms with Crippen LogP contribution in [0.3, 0.4) is 0 Å². The maximum absolute atomic E-state index is 12.9. The van der Waals surface area contributed by atoms with Crippen molar-refractivity contribution in [2.24, 2.45) is 0 Å². The number of halogens is 2. The van der Waals surface area contributed by atoms with E-state index in [1.165, 1.54) is 6.07 Å². The van der Waals surface area contributed by atoms with Crippen molar-refractivity contribution in [3.8, 4) is 0 Å². The Labute approximate surface area is 70.3 Å². The molecule has 0 saturated carbocycles. The molecule has 0 radical (unpaired) electrons. The lowest BCUT2D eigenvalue weighted by Gasteiger charge is -2.01. The molecule has 0 spiro atoms. The number of hydrogen-bond acceptors (Lipinski definition) is 0. The largest absolute Gasteiger partial charge is 0.207 e. The fourth-order valence-corrected chi connectivity index (χ4v) is 1.09. The molecule has 0 aromatic heterocycles. The van der Waals surface area contributed by atoms with Gasteiger partial charge in [-0.2, -0.15) is 0 Å². The molecular formula is C9H8ClF. The van der Waals surface area contributed by atoms with Crippen LogP contribution in [0.1, 0.15) is 11.1 Å². The molecule has 1 aromatic carbocycles. The molecule has 0 aliphatic rings. The van der Waals surface area contributed by atoms with Crippen LogP contribution in [-0.4, -0.2) is 0 Å². The Morgan fingerprint density at radius 3 is 2.73 bits per heavy atom. The van der Waals surface area contributed by atoms with Gasteiger partial charge in [-0.25, -0.2) is 4.39 Å². The summed E-state index contributed by atoms with van der Waals surface area (Å²) in [4.78, 5) is 0. The lowest BCUT2D eigenvalue weighted by atomic mass is 10.1. The molecule has 0 N–H and O–H groups in total. The van der Waals surface area contributed by atoms with Gasteiger partial charge in [-0.05, 0) is 30.2 Å². The summed E-state index contributed by atoms with van der Waals surface area (Å²) < 4.78 is 12.9. The minimum atomic E-state index is -0.285. The van der Waals surface area contributed by atoms with E-state index in [9.17, 15) is 4.39 Å². The molecule has 0 amide bonds. The molecule has 58 valence electrons. The van der Waals surface area contributed by atoms with Crippen molar-refractivity contribution >= 4 is 17.7 Å². The smallest absolute Gasteiger partial charge is 0.128 e. The van der Waals surface area contributed by atoms with Crippen molar-refractivity contribution in [2.45, 2.75) is 6.92 Å². The zero-order valence-electron chi connectivity index (χ0n) is 6.20. The Bertz CT molecular complexity index is 292. The van der Waals surface area contributed by atoms with Crippen LogP contribution in [-0.2, 0) is 0 Å². The summed E-state index contributed by atoms with van der Waals surface area (Å²) in [6.07, 6.45) is 1.59. The Morgan fingerprint density at radius 2 is 2.18 bits per heavy atom. The fraction of sp³-hybridized carbons (Fsp3) is 0.111. The van der Waals surface area contributed by atoms with Crippen molar-refractivity contribution in [1.82, 2.24) is 0 Å². The molecule has 11 heavy (non-hydrogen) atoms. The van der Waals surface area contributed by atoms with E-state index in [0.717, 1.165) is 5.56 Å². The molecule has 0 aliphatic carbocycles. The predicted molar refractivity (Wildman–Crippen MR) is 46.2 cm³/mol. The van der Waals surface area contributed by atoms with Gasteiger partial charge in [0.1, 0.15) is 5.82 Å². The van der Waals surface area contributed by atoms with E-state index >= 15 is 0 Å². The van der Waals surface area contributed by atoms with Crippen LogP contribution in [0.5, 0.6) is 0 Å². The standard InChI is InChI=1S/C9H8ClF/c1-3-7-4-8(10)5-9(11)6(7)2/h3-5H,1H2,2H3. The van der Waals surface area contributed by atoms with E-state index in [-0.39, 0.29) is 5.82 Å². The van der Waals surface area contributed by atoms with E-state index in [0.29, 0.717) is 10.6 Å². The molecule has 0 nitrogen and oxygen atoms in total. The molecule has 0 aliphatic heterocycles. The first-order valence-electron chi connectivity index (χ1n) is 3.23. The summed E-state index contributed by atoms with van der Waals surface area (Å²) in [6, 6.07) is 2.98. The van der Waals surface area contributed by atoms with Gasteiger partial charge in [-0.1, -0.05) is 24.3 Å². The second-order valence-corrected chi connectivity index (χ2v) is 2.74. The topological polar surface area (TPSA) is 0 Å². The highest BCUT2D eigenvalue weighted by Crippen LogP contribution is 2.19. The quantitative estimate of drug-likeness (QED) is 0.606. The van der Waals surface area contributed by atoms with E-state index < -0.39 is 0 Å². The molecule has 0 atom stereocenters. The highest BCUT2D eigenvalue weighted by Gasteiger charge is 2.02. The number of benzene rings is 1. The zero-order chi connectivity index (χ0) is 8.43. The predicted octanol–water partition coefficient (Wildman–Crippen LogP) is 3.43. The maximum atomic E-state index is 12.9. The van der Waals surface area contributed by atoms with Crippen LogP contribution in [0.4, 0.5) is 4.39 Å². The molecule has 0 fully saturated rings. The van der Waals surface area contributed by atoms with Crippen LogP contribution in [0.25, 0.3) is 6.08 Å². The molecular weight excluding hydrogens is 163 g/mol. The minimum absolute atomic E-state index is 0.285. The number of hydrogen-bond donors (Lipinski definition) is 0. The first-order valence-corrected chi connectivity index (χ1v) is 3.61. The molecule has 1 rings (SSSR count). The van der Waals surface area contributed by atoms with E-state index in [1.54, 1.807) is 19.1 Å². The third-order valence-electron chi connectivity index (χ3n) is 1.57. The van der Waals surface area contributed by atoms with Crippen LogP contribution >= 0.6 is 11.6 Å². The Kier molecular flexibility index (Phi) is 2.30. The Balaban J connectivity index is 3.35. The van der Waals surface area contributed by atoms with Crippen LogP contribution < -0.4 is 0 Å². The first kappa shape index (κ1) is 8.28. The van der Waals surface area contributed by atoms with Crippen LogP contribution in [0, 0.1) is 12.7 Å². The first-order chi connectivity index (χ1) is 5.15. The third kappa shape index (κ3) is 1.60. The Hall–Kier alpha value is -0.820. The van der Waals surface area contributed by atoms with Gasteiger partial charge < -0.3 is 0 Å². The highest BCUT2D eigenvalue weighted by molar-refractivity contribution is 6.30.